The van der Waals surface area contributed by atoms with E-state index in [4.69, 9.17) is 0 Å². The lowest BCUT2D eigenvalue weighted by molar-refractivity contribution is 0.425. The van der Waals surface area contributed by atoms with Crippen LogP contribution in [0.5, 0.6) is 0 Å². The van der Waals surface area contributed by atoms with Crippen molar-refractivity contribution in [2.45, 2.75) is 24.7 Å². The molecule has 0 bridgehead atoms. The van der Waals surface area contributed by atoms with Crippen LogP contribution in [-0.4, -0.2) is 50.7 Å². The molecule has 0 radical (unpaired) electrons. The van der Waals surface area contributed by atoms with E-state index in [0.717, 1.165) is 18.7 Å². The summed E-state index contributed by atoms with van der Waals surface area (Å²) in [5.74, 6) is 1.14. The standard InChI is InChI=1S/C17H25N5O2S/c1-13(2)14-5-7-15(8-6-14)25(23,24)21-17-10-9-16(19-20-17)18-11-12-22(3)4/h5-10,13H,11-12H2,1-4H3,(H,18,19)(H,20,21). The van der Waals surface area contributed by atoms with Crippen LogP contribution in [0.3, 0.4) is 0 Å². The lowest BCUT2D eigenvalue weighted by Gasteiger charge is -2.11. The highest BCUT2D eigenvalue weighted by atomic mass is 32.2. The number of nitrogens with zero attached hydrogens (tertiary/aromatic N) is 3. The van der Waals surface area contributed by atoms with Crippen molar-refractivity contribution in [3.05, 3.63) is 42.0 Å². The molecular weight excluding hydrogens is 338 g/mol. The van der Waals surface area contributed by atoms with E-state index in [2.05, 4.69) is 34.1 Å². The van der Waals surface area contributed by atoms with E-state index in [-0.39, 0.29) is 10.7 Å². The van der Waals surface area contributed by atoms with Crippen LogP contribution < -0.4 is 10.0 Å². The maximum absolute atomic E-state index is 12.4. The first-order valence-corrected chi connectivity index (χ1v) is 9.61. The molecule has 2 rings (SSSR count). The smallest absolute Gasteiger partial charge is 0.263 e. The van der Waals surface area contributed by atoms with Crippen LogP contribution in [0.2, 0.25) is 0 Å². The van der Waals surface area contributed by atoms with Crippen LogP contribution >= 0.6 is 0 Å². The van der Waals surface area contributed by atoms with Crippen molar-refractivity contribution < 1.29 is 8.42 Å². The second-order valence-electron chi connectivity index (χ2n) is 6.36. The van der Waals surface area contributed by atoms with Gasteiger partial charge in [-0.05, 0) is 49.8 Å². The summed E-state index contributed by atoms with van der Waals surface area (Å²) in [6.45, 7) is 5.72. The van der Waals surface area contributed by atoms with E-state index in [9.17, 15) is 8.42 Å². The first-order valence-electron chi connectivity index (χ1n) is 8.13. The maximum atomic E-state index is 12.4. The van der Waals surface area contributed by atoms with E-state index >= 15 is 0 Å². The third-order valence-electron chi connectivity index (χ3n) is 3.63. The normalized spacial score (nSPS) is 11.8. The molecule has 2 aromatic rings. The Kier molecular flexibility index (Phi) is 6.33. The Labute approximate surface area is 149 Å². The van der Waals surface area contributed by atoms with Crippen molar-refractivity contribution in [2.75, 3.05) is 37.2 Å². The quantitative estimate of drug-likeness (QED) is 0.749. The van der Waals surface area contributed by atoms with Crippen LogP contribution in [-0.2, 0) is 10.0 Å². The summed E-state index contributed by atoms with van der Waals surface area (Å²) in [6, 6.07) is 10.1. The third-order valence-corrected chi connectivity index (χ3v) is 5.00. The zero-order valence-electron chi connectivity index (χ0n) is 15.0. The fourth-order valence-corrected chi connectivity index (χ4v) is 3.11. The van der Waals surface area contributed by atoms with Crippen LogP contribution in [0, 0.1) is 0 Å². The second kappa shape index (κ2) is 8.26. The third kappa shape index (κ3) is 5.68. The molecule has 0 saturated heterocycles. The van der Waals surface area contributed by atoms with Gasteiger partial charge < -0.3 is 10.2 Å². The molecule has 136 valence electrons. The van der Waals surface area contributed by atoms with Gasteiger partial charge in [-0.25, -0.2) is 8.42 Å². The predicted molar refractivity (Wildman–Crippen MR) is 100 cm³/mol. The van der Waals surface area contributed by atoms with Crippen molar-refractivity contribution in [3.63, 3.8) is 0 Å². The monoisotopic (exact) mass is 363 g/mol. The lowest BCUT2D eigenvalue weighted by Crippen LogP contribution is -2.21. The Morgan fingerprint density at radius 2 is 1.60 bits per heavy atom. The van der Waals surface area contributed by atoms with Crippen molar-refractivity contribution in [1.29, 1.82) is 0 Å². The molecule has 0 amide bonds. The fraction of sp³-hybridized carbons (Fsp3) is 0.412. The highest BCUT2D eigenvalue weighted by molar-refractivity contribution is 7.92. The van der Waals surface area contributed by atoms with Gasteiger partial charge in [0.1, 0.15) is 5.82 Å². The number of aromatic nitrogens is 2. The highest BCUT2D eigenvalue weighted by Crippen LogP contribution is 2.19. The second-order valence-corrected chi connectivity index (χ2v) is 8.05. The summed E-state index contributed by atoms with van der Waals surface area (Å²) in [7, 11) is 0.294. The van der Waals surface area contributed by atoms with E-state index in [1.807, 2.05) is 31.1 Å². The molecule has 0 saturated carbocycles. The summed E-state index contributed by atoms with van der Waals surface area (Å²) in [4.78, 5) is 2.25. The van der Waals surface area contributed by atoms with Gasteiger partial charge >= 0.3 is 0 Å². The molecule has 0 fully saturated rings. The van der Waals surface area contributed by atoms with Gasteiger partial charge in [0, 0.05) is 13.1 Å². The largest absolute Gasteiger partial charge is 0.367 e. The first-order chi connectivity index (χ1) is 11.8. The number of sulfonamides is 1. The summed E-state index contributed by atoms with van der Waals surface area (Å²) < 4.78 is 27.3. The van der Waals surface area contributed by atoms with Gasteiger partial charge in [0.25, 0.3) is 10.0 Å². The minimum absolute atomic E-state index is 0.186. The average molecular weight is 363 g/mol. The Bertz CT molecular complexity index is 772. The molecule has 0 aliphatic heterocycles. The number of likely N-dealkylation sites (N-methyl/N-ethyl adjacent to an activating group) is 1. The summed E-state index contributed by atoms with van der Waals surface area (Å²) in [5, 5.41) is 11.0. The first kappa shape index (κ1) is 19.1. The molecular formula is C17H25N5O2S. The van der Waals surface area contributed by atoms with E-state index in [0.29, 0.717) is 11.7 Å². The molecule has 0 unspecified atom stereocenters. The van der Waals surface area contributed by atoms with Crippen LogP contribution in [0.15, 0.2) is 41.3 Å². The van der Waals surface area contributed by atoms with E-state index in [1.54, 1.807) is 24.3 Å². The Balaban J connectivity index is 2.02. The van der Waals surface area contributed by atoms with Crippen molar-refractivity contribution in [3.8, 4) is 0 Å². The fourth-order valence-electron chi connectivity index (χ4n) is 2.12. The van der Waals surface area contributed by atoms with Gasteiger partial charge in [-0.1, -0.05) is 26.0 Å². The minimum Gasteiger partial charge on any atom is -0.367 e. The van der Waals surface area contributed by atoms with Gasteiger partial charge in [-0.2, -0.15) is 0 Å². The van der Waals surface area contributed by atoms with Crippen molar-refractivity contribution >= 4 is 21.7 Å². The van der Waals surface area contributed by atoms with Gasteiger partial charge in [0.05, 0.1) is 4.90 Å². The van der Waals surface area contributed by atoms with Crippen molar-refractivity contribution in [1.82, 2.24) is 15.1 Å². The highest BCUT2D eigenvalue weighted by Gasteiger charge is 2.15. The molecule has 0 atom stereocenters. The molecule has 0 spiro atoms. The topological polar surface area (TPSA) is 87.2 Å². The molecule has 2 N–H and O–H groups in total. The number of anilines is 2. The van der Waals surface area contributed by atoms with Crippen LogP contribution in [0.4, 0.5) is 11.6 Å². The number of hydrogen-bond acceptors (Lipinski definition) is 6. The van der Waals surface area contributed by atoms with Crippen LogP contribution in [0.25, 0.3) is 0 Å². The zero-order valence-corrected chi connectivity index (χ0v) is 15.8. The Hall–Kier alpha value is -2.19. The summed E-state index contributed by atoms with van der Waals surface area (Å²) in [5.41, 5.74) is 1.09. The summed E-state index contributed by atoms with van der Waals surface area (Å²) >= 11 is 0. The maximum Gasteiger partial charge on any atom is 0.263 e. The SMILES string of the molecule is CC(C)c1ccc(S(=O)(=O)Nc2ccc(NCCN(C)C)nn2)cc1. The number of nitrogens with one attached hydrogen (secondary N) is 2. The molecule has 25 heavy (non-hydrogen) atoms. The molecule has 7 nitrogen and oxygen atoms in total. The molecule has 0 aliphatic rings. The number of benzene rings is 1. The Morgan fingerprint density at radius 3 is 2.12 bits per heavy atom. The lowest BCUT2D eigenvalue weighted by atomic mass is 10.0. The zero-order chi connectivity index (χ0) is 18.4. The van der Waals surface area contributed by atoms with Gasteiger partial charge in [-0.3, -0.25) is 4.72 Å². The summed E-state index contributed by atoms with van der Waals surface area (Å²) in [6.07, 6.45) is 0. The molecule has 1 heterocycles. The average Bonchev–Trinajstić information content (AvgIpc) is 2.56. The Morgan fingerprint density at radius 1 is 1.00 bits per heavy atom. The molecule has 1 aromatic carbocycles. The molecule has 8 heteroatoms. The number of rotatable bonds is 8. The van der Waals surface area contributed by atoms with Crippen molar-refractivity contribution in [2.24, 2.45) is 0 Å². The van der Waals surface area contributed by atoms with Gasteiger partial charge in [0.15, 0.2) is 5.82 Å². The molecule has 1 aromatic heterocycles. The van der Waals surface area contributed by atoms with Gasteiger partial charge in [0.2, 0.25) is 0 Å². The molecule has 0 aliphatic carbocycles. The number of hydrogen-bond donors (Lipinski definition) is 2. The van der Waals surface area contributed by atoms with E-state index < -0.39 is 10.0 Å². The minimum atomic E-state index is -3.68. The van der Waals surface area contributed by atoms with E-state index in [1.165, 1.54) is 0 Å². The van der Waals surface area contributed by atoms with Crippen LogP contribution in [0.1, 0.15) is 25.3 Å². The predicted octanol–water partition coefficient (Wildman–Crippen LogP) is 2.37. The van der Waals surface area contributed by atoms with Gasteiger partial charge in [-0.15, -0.1) is 10.2 Å².